The van der Waals surface area contributed by atoms with Crippen LogP contribution in [-0.4, -0.2) is 17.5 Å². The van der Waals surface area contributed by atoms with Gasteiger partial charge in [-0.1, -0.05) is 6.08 Å². The number of anilines is 1. The van der Waals surface area contributed by atoms with Gasteiger partial charge in [0.05, 0.1) is 5.54 Å². The molecule has 5 heteroatoms. The Morgan fingerprint density at radius 2 is 2.10 bits per heavy atom. The van der Waals surface area contributed by atoms with Gasteiger partial charge in [0.2, 0.25) is 0 Å². The topological polar surface area (TPSA) is 58.4 Å². The number of nitrogens with zero attached hydrogens (tertiary/aromatic N) is 1. The SMILES string of the molecule is CC1=CC(C)(C)N(C(C)C(=O)NN)c2cc(F)ccc21. The molecule has 1 aromatic carbocycles. The molecule has 2 rings (SSSR count). The van der Waals surface area contributed by atoms with Crippen LogP contribution >= 0.6 is 0 Å². The van der Waals surface area contributed by atoms with Gasteiger partial charge < -0.3 is 4.90 Å². The largest absolute Gasteiger partial charge is 0.351 e. The van der Waals surface area contributed by atoms with Crippen molar-refractivity contribution < 1.29 is 9.18 Å². The van der Waals surface area contributed by atoms with Gasteiger partial charge in [-0.25, -0.2) is 10.2 Å². The first kappa shape index (κ1) is 14.5. The molecule has 0 fully saturated rings. The summed E-state index contributed by atoms with van der Waals surface area (Å²) in [6.07, 6.45) is 2.08. The number of hydrogen-bond donors (Lipinski definition) is 2. The molecule has 1 aromatic rings. The summed E-state index contributed by atoms with van der Waals surface area (Å²) in [5, 5.41) is 0. The van der Waals surface area contributed by atoms with Crippen molar-refractivity contribution >= 4 is 17.2 Å². The normalized spacial score (nSPS) is 18.1. The molecule has 1 atom stereocenters. The van der Waals surface area contributed by atoms with Gasteiger partial charge in [-0.2, -0.15) is 0 Å². The number of hydrogen-bond acceptors (Lipinski definition) is 3. The average molecular weight is 277 g/mol. The van der Waals surface area contributed by atoms with Crippen LogP contribution in [0.25, 0.3) is 5.57 Å². The van der Waals surface area contributed by atoms with Gasteiger partial charge >= 0.3 is 0 Å². The lowest BCUT2D eigenvalue weighted by Crippen LogP contribution is -2.56. The number of nitrogens with two attached hydrogens (primary N) is 1. The summed E-state index contributed by atoms with van der Waals surface area (Å²) < 4.78 is 13.6. The summed E-state index contributed by atoms with van der Waals surface area (Å²) >= 11 is 0. The number of fused-ring (bicyclic) bond motifs is 1. The maximum Gasteiger partial charge on any atom is 0.256 e. The van der Waals surface area contributed by atoms with Crippen molar-refractivity contribution in [3.05, 3.63) is 35.7 Å². The van der Waals surface area contributed by atoms with E-state index in [1.165, 1.54) is 12.1 Å². The van der Waals surface area contributed by atoms with Crippen LogP contribution in [0.3, 0.4) is 0 Å². The van der Waals surface area contributed by atoms with Crippen LogP contribution in [0, 0.1) is 5.82 Å². The first-order valence-electron chi connectivity index (χ1n) is 6.57. The number of halogens is 1. The van der Waals surface area contributed by atoms with Crippen LogP contribution in [0.1, 0.15) is 33.3 Å². The van der Waals surface area contributed by atoms with E-state index in [1.54, 1.807) is 13.0 Å². The highest BCUT2D eigenvalue weighted by atomic mass is 19.1. The number of carbonyl (C=O) groups excluding carboxylic acids is 1. The molecule has 0 saturated heterocycles. The fourth-order valence-corrected chi connectivity index (χ4v) is 2.97. The van der Waals surface area contributed by atoms with Gasteiger partial charge in [0.1, 0.15) is 11.9 Å². The van der Waals surface area contributed by atoms with Crippen molar-refractivity contribution in [1.82, 2.24) is 5.43 Å². The molecule has 1 heterocycles. The van der Waals surface area contributed by atoms with Crippen LogP contribution < -0.4 is 16.2 Å². The Kier molecular flexibility index (Phi) is 3.56. The van der Waals surface area contributed by atoms with E-state index in [2.05, 4.69) is 11.5 Å². The standard InChI is InChI=1S/C15H20FN3O/c1-9-8-15(3,4)19(10(2)14(20)18-17)13-7-11(16)5-6-12(9)13/h5-8,10H,17H2,1-4H3,(H,18,20). The maximum absolute atomic E-state index is 13.6. The van der Waals surface area contributed by atoms with Crippen LogP contribution in [0.15, 0.2) is 24.3 Å². The lowest BCUT2D eigenvalue weighted by atomic mass is 9.87. The molecule has 0 spiro atoms. The fourth-order valence-electron chi connectivity index (χ4n) is 2.97. The summed E-state index contributed by atoms with van der Waals surface area (Å²) in [6.45, 7) is 7.73. The molecule has 0 aliphatic carbocycles. The number of rotatable bonds is 2. The summed E-state index contributed by atoms with van der Waals surface area (Å²) in [4.78, 5) is 13.8. The predicted octanol–water partition coefficient (Wildman–Crippen LogP) is 2.21. The Morgan fingerprint density at radius 1 is 1.45 bits per heavy atom. The first-order valence-corrected chi connectivity index (χ1v) is 6.57. The molecule has 108 valence electrons. The number of benzene rings is 1. The molecule has 0 aromatic heterocycles. The van der Waals surface area contributed by atoms with Crippen LogP contribution in [0.4, 0.5) is 10.1 Å². The van der Waals surface area contributed by atoms with Crippen LogP contribution in [-0.2, 0) is 4.79 Å². The third-order valence-electron chi connectivity index (χ3n) is 3.74. The molecular weight excluding hydrogens is 257 g/mol. The molecule has 4 nitrogen and oxygen atoms in total. The van der Waals surface area contributed by atoms with E-state index in [0.717, 1.165) is 11.1 Å². The van der Waals surface area contributed by atoms with Gasteiger partial charge in [-0.3, -0.25) is 10.2 Å². The van der Waals surface area contributed by atoms with Gasteiger partial charge in [0.15, 0.2) is 0 Å². The van der Waals surface area contributed by atoms with Crippen molar-refractivity contribution in [3.63, 3.8) is 0 Å². The molecule has 1 unspecified atom stereocenters. The molecule has 20 heavy (non-hydrogen) atoms. The van der Waals surface area contributed by atoms with Crippen LogP contribution in [0.2, 0.25) is 0 Å². The minimum Gasteiger partial charge on any atom is -0.351 e. The van der Waals surface area contributed by atoms with Crippen molar-refractivity contribution in [2.75, 3.05) is 4.90 Å². The highest BCUT2D eigenvalue weighted by Crippen LogP contribution is 2.40. The Hall–Kier alpha value is -1.88. The third kappa shape index (κ3) is 2.29. The molecule has 1 aliphatic heterocycles. The minimum absolute atomic E-state index is 0.304. The lowest BCUT2D eigenvalue weighted by Gasteiger charge is -2.46. The average Bonchev–Trinajstić information content (AvgIpc) is 2.35. The maximum atomic E-state index is 13.6. The Labute approximate surface area is 118 Å². The number of amides is 1. The fraction of sp³-hybridized carbons (Fsp3) is 0.400. The molecule has 0 saturated carbocycles. The second-order valence-corrected chi connectivity index (χ2v) is 5.70. The van der Waals surface area contributed by atoms with Crippen LogP contribution in [0.5, 0.6) is 0 Å². The highest BCUT2D eigenvalue weighted by molar-refractivity contribution is 5.89. The number of allylic oxidation sites excluding steroid dienone is 1. The Morgan fingerprint density at radius 3 is 2.70 bits per heavy atom. The number of hydrazine groups is 1. The van der Waals surface area contributed by atoms with E-state index in [9.17, 15) is 9.18 Å². The second-order valence-electron chi connectivity index (χ2n) is 5.70. The Bertz CT molecular complexity index is 580. The summed E-state index contributed by atoms with van der Waals surface area (Å²) in [5.41, 5.74) is 4.47. The number of nitrogens with one attached hydrogen (secondary N) is 1. The zero-order chi connectivity index (χ0) is 15.1. The third-order valence-corrected chi connectivity index (χ3v) is 3.74. The van der Waals surface area contributed by atoms with E-state index >= 15 is 0 Å². The van der Waals surface area contributed by atoms with Gasteiger partial charge in [-0.05, 0) is 51.5 Å². The predicted molar refractivity (Wildman–Crippen MR) is 78.4 cm³/mol. The van der Waals surface area contributed by atoms with E-state index in [4.69, 9.17) is 5.84 Å². The molecule has 3 N–H and O–H groups in total. The summed E-state index contributed by atoms with van der Waals surface area (Å²) in [7, 11) is 0. The second kappa shape index (κ2) is 4.90. The molecule has 1 amide bonds. The highest BCUT2D eigenvalue weighted by Gasteiger charge is 2.37. The van der Waals surface area contributed by atoms with E-state index < -0.39 is 11.6 Å². The first-order chi connectivity index (χ1) is 9.27. The van der Waals surface area contributed by atoms with Crippen molar-refractivity contribution in [3.8, 4) is 0 Å². The molecule has 0 radical (unpaired) electrons. The zero-order valence-corrected chi connectivity index (χ0v) is 12.2. The minimum atomic E-state index is -0.500. The van der Waals surface area contributed by atoms with Crippen molar-refractivity contribution in [1.29, 1.82) is 0 Å². The van der Waals surface area contributed by atoms with Crippen molar-refractivity contribution in [2.24, 2.45) is 5.84 Å². The van der Waals surface area contributed by atoms with Crippen molar-refractivity contribution in [2.45, 2.75) is 39.3 Å². The van der Waals surface area contributed by atoms with Gasteiger partial charge in [-0.15, -0.1) is 0 Å². The summed E-state index contributed by atoms with van der Waals surface area (Å²) in [5.74, 6) is 4.61. The molecular formula is C15H20FN3O. The zero-order valence-electron chi connectivity index (χ0n) is 12.2. The Balaban J connectivity index is 2.61. The quantitative estimate of drug-likeness (QED) is 0.495. The van der Waals surface area contributed by atoms with Gasteiger partial charge in [0, 0.05) is 11.3 Å². The van der Waals surface area contributed by atoms with E-state index in [-0.39, 0.29) is 11.7 Å². The number of carbonyl (C=O) groups is 1. The monoisotopic (exact) mass is 277 g/mol. The molecule has 0 bridgehead atoms. The van der Waals surface area contributed by atoms with E-state index in [0.29, 0.717) is 5.69 Å². The lowest BCUT2D eigenvalue weighted by molar-refractivity contribution is -0.122. The smallest absolute Gasteiger partial charge is 0.256 e. The van der Waals surface area contributed by atoms with E-state index in [1.807, 2.05) is 25.7 Å². The summed E-state index contributed by atoms with van der Waals surface area (Å²) in [6, 6.07) is 4.14. The van der Waals surface area contributed by atoms with Gasteiger partial charge in [0.25, 0.3) is 5.91 Å². The molecule has 1 aliphatic rings.